The van der Waals surface area contributed by atoms with E-state index in [0.29, 0.717) is 21.6 Å². The minimum Gasteiger partial charge on any atom is -0.307 e. The van der Waals surface area contributed by atoms with Crippen LogP contribution in [0.3, 0.4) is 0 Å². The number of nitrogens with zero attached hydrogens (tertiary/aromatic N) is 2. The highest BCUT2D eigenvalue weighted by Crippen LogP contribution is 2.17. The lowest BCUT2D eigenvalue weighted by molar-refractivity contribution is -0.120. The summed E-state index contributed by atoms with van der Waals surface area (Å²) in [5.74, 6) is -0.636. The van der Waals surface area contributed by atoms with Gasteiger partial charge in [0.15, 0.2) is 0 Å². The van der Waals surface area contributed by atoms with Crippen molar-refractivity contribution < 1.29 is 9.59 Å². The summed E-state index contributed by atoms with van der Waals surface area (Å²) in [6.07, 6.45) is 1.26. The largest absolute Gasteiger partial charge is 0.325 e. The van der Waals surface area contributed by atoms with E-state index < -0.39 is 17.5 Å². The van der Waals surface area contributed by atoms with Gasteiger partial charge in [-0.2, -0.15) is 0 Å². The van der Waals surface area contributed by atoms with Gasteiger partial charge in [-0.1, -0.05) is 23.7 Å². The molecule has 1 heterocycles. The van der Waals surface area contributed by atoms with E-state index in [1.54, 1.807) is 18.2 Å². The number of aryl methyl sites for hydroxylation is 1. The fourth-order valence-electron chi connectivity index (χ4n) is 2.60. The minimum absolute atomic E-state index is 0.303. The Morgan fingerprint density at radius 2 is 1.96 bits per heavy atom. The molecular formula is C19H17ClN4O3. The number of hydrogen-bond acceptors (Lipinski definition) is 4. The van der Waals surface area contributed by atoms with Crippen molar-refractivity contribution in [1.82, 2.24) is 14.9 Å². The number of fused-ring (bicyclic) bond motifs is 1. The monoisotopic (exact) mass is 384 g/mol. The highest BCUT2D eigenvalue weighted by molar-refractivity contribution is 6.31. The molecule has 138 valence electrons. The Bertz CT molecular complexity index is 1110. The second kappa shape index (κ2) is 7.59. The molecule has 0 spiro atoms. The third-order valence-electron chi connectivity index (χ3n) is 4.21. The van der Waals surface area contributed by atoms with E-state index in [4.69, 9.17) is 11.6 Å². The Morgan fingerprint density at radius 1 is 1.19 bits per heavy atom. The quantitative estimate of drug-likeness (QED) is 0.725. The number of nitrogens with one attached hydrogen (secondary N) is 2. The summed E-state index contributed by atoms with van der Waals surface area (Å²) < 4.78 is 1.12. The van der Waals surface area contributed by atoms with E-state index in [1.807, 2.05) is 26.0 Å². The molecule has 3 amide bonds. The van der Waals surface area contributed by atoms with Gasteiger partial charge in [0.2, 0.25) is 5.91 Å². The fourth-order valence-corrected chi connectivity index (χ4v) is 2.78. The average molecular weight is 385 g/mol. The van der Waals surface area contributed by atoms with Crippen LogP contribution in [0.15, 0.2) is 47.5 Å². The highest BCUT2D eigenvalue weighted by Gasteiger charge is 2.12. The van der Waals surface area contributed by atoms with Crippen molar-refractivity contribution in [1.29, 1.82) is 0 Å². The molecule has 7 nitrogen and oxygen atoms in total. The number of hydrogen-bond donors (Lipinski definition) is 2. The number of anilines is 1. The van der Waals surface area contributed by atoms with Crippen LogP contribution in [0.4, 0.5) is 10.5 Å². The van der Waals surface area contributed by atoms with E-state index >= 15 is 0 Å². The van der Waals surface area contributed by atoms with Crippen LogP contribution in [0.25, 0.3) is 10.9 Å². The first-order valence-corrected chi connectivity index (χ1v) is 8.54. The second-order valence-corrected chi connectivity index (χ2v) is 6.53. The van der Waals surface area contributed by atoms with Crippen LogP contribution in [0, 0.1) is 13.8 Å². The standard InChI is InChI=1S/C19H17ClN4O3/c1-11-4-3-5-15(12(11)2)22-19(27)23-17(25)9-24-10-21-16-7-6-13(20)8-14(16)18(24)26/h3-8,10H,9H2,1-2H3,(H2,22,23,25,27). The summed E-state index contributed by atoms with van der Waals surface area (Å²) in [6.45, 7) is 3.46. The normalized spacial score (nSPS) is 10.6. The Labute approximate surface area is 160 Å². The summed E-state index contributed by atoms with van der Waals surface area (Å²) in [6, 6.07) is 9.56. The molecule has 0 saturated carbocycles. The summed E-state index contributed by atoms with van der Waals surface area (Å²) in [5.41, 5.74) is 2.61. The minimum atomic E-state index is -0.668. The van der Waals surface area contributed by atoms with E-state index in [9.17, 15) is 14.4 Å². The first kappa shape index (κ1) is 18.6. The number of benzene rings is 2. The number of halogens is 1. The van der Waals surface area contributed by atoms with Crippen LogP contribution in [-0.2, 0) is 11.3 Å². The lowest BCUT2D eigenvalue weighted by atomic mass is 10.1. The van der Waals surface area contributed by atoms with Crippen molar-refractivity contribution in [2.45, 2.75) is 20.4 Å². The van der Waals surface area contributed by atoms with Crippen LogP contribution in [0.2, 0.25) is 5.02 Å². The summed E-state index contributed by atoms with van der Waals surface area (Å²) in [5, 5.41) is 5.54. The Morgan fingerprint density at radius 3 is 2.74 bits per heavy atom. The van der Waals surface area contributed by atoms with Gasteiger partial charge in [-0.15, -0.1) is 0 Å². The topological polar surface area (TPSA) is 93.1 Å². The van der Waals surface area contributed by atoms with Gasteiger partial charge >= 0.3 is 6.03 Å². The van der Waals surface area contributed by atoms with Crippen LogP contribution in [0.5, 0.6) is 0 Å². The Kier molecular flexibility index (Phi) is 5.23. The third-order valence-corrected chi connectivity index (χ3v) is 4.44. The number of urea groups is 1. The predicted molar refractivity (Wildman–Crippen MR) is 104 cm³/mol. The summed E-state index contributed by atoms with van der Waals surface area (Å²) >= 11 is 5.91. The van der Waals surface area contributed by atoms with Gasteiger partial charge in [-0.3, -0.25) is 19.5 Å². The number of rotatable bonds is 3. The molecule has 3 rings (SSSR count). The zero-order chi connectivity index (χ0) is 19.6. The molecule has 2 N–H and O–H groups in total. The predicted octanol–water partition coefficient (Wildman–Crippen LogP) is 3.02. The average Bonchev–Trinajstić information content (AvgIpc) is 2.62. The lowest BCUT2D eigenvalue weighted by Gasteiger charge is -2.11. The zero-order valence-corrected chi connectivity index (χ0v) is 15.5. The number of imide groups is 1. The van der Waals surface area contributed by atoms with Gasteiger partial charge in [0, 0.05) is 10.7 Å². The summed E-state index contributed by atoms with van der Waals surface area (Å²) in [7, 11) is 0. The molecule has 0 unspecified atom stereocenters. The maximum Gasteiger partial charge on any atom is 0.325 e. The van der Waals surface area contributed by atoms with Crippen molar-refractivity contribution in [3.05, 3.63) is 69.2 Å². The number of amides is 3. The maximum absolute atomic E-state index is 12.5. The fraction of sp³-hybridized carbons (Fsp3) is 0.158. The molecule has 1 aromatic heterocycles. The maximum atomic E-state index is 12.5. The third kappa shape index (κ3) is 4.15. The van der Waals surface area contributed by atoms with Gasteiger partial charge in [0.05, 0.1) is 17.2 Å². The number of carbonyl (C=O) groups excluding carboxylic acids is 2. The van der Waals surface area contributed by atoms with Crippen molar-refractivity contribution in [2.75, 3.05) is 5.32 Å². The zero-order valence-electron chi connectivity index (χ0n) is 14.7. The van der Waals surface area contributed by atoms with Gasteiger partial charge in [-0.05, 0) is 49.2 Å². The van der Waals surface area contributed by atoms with Crippen molar-refractivity contribution in [3.8, 4) is 0 Å². The first-order valence-electron chi connectivity index (χ1n) is 8.17. The van der Waals surface area contributed by atoms with Crippen molar-refractivity contribution >= 4 is 40.1 Å². The molecule has 0 aliphatic carbocycles. The molecule has 27 heavy (non-hydrogen) atoms. The van der Waals surface area contributed by atoms with Crippen LogP contribution >= 0.6 is 11.6 Å². The molecule has 0 saturated heterocycles. The molecule has 3 aromatic rings. The second-order valence-electron chi connectivity index (χ2n) is 6.09. The van der Waals surface area contributed by atoms with Crippen molar-refractivity contribution in [2.24, 2.45) is 0 Å². The molecular weight excluding hydrogens is 368 g/mol. The highest BCUT2D eigenvalue weighted by atomic mass is 35.5. The van der Waals surface area contributed by atoms with Crippen molar-refractivity contribution in [3.63, 3.8) is 0 Å². The Balaban J connectivity index is 1.71. The van der Waals surface area contributed by atoms with Gasteiger partial charge in [-0.25, -0.2) is 9.78 Å². The van der Waals surface area contributed by atoms with Crippen LogP contribution in [0.1, 0.15) is 11.1 Å². The smallest absolute Gasteiger partial charge is 0.307 e. The molecule has 2 aromatic carbocycles. The van der Waals surface area contributed by atoms with E-state index in [2.05, 4.69) is 15.6 Å². The van der Waals surface area contributed by atoms with E-state index in [0.717, 1.165) is 15.7 Å². The molecule has 0 aliphatic rings. The molecule has 0 aliphatic heterocycles. The van der Waals surface area contributed by atoms with E-state index in [-0.39, 0.29) is 6.54 Å². The molecule has 0 atom stereocenters. The number of carbonyl (C=O) groups is 2. The number of aromatic nitrogens is 2. The molecule has 8 heteroatoms. The van der Waals surface area contributed by atoms with Crippen LogP contribution in [-0.4, -0.2) is 21.5 Å². The van der Waals surface area contributed by atoms with Gasteiger partial charge in [0.1, 0.15) is 6.54 Å². The first-order chi connectivity index (χ1) is 12.8. The van der Waals surface area contributed by atoms with Gasteiger partial charge < -0.3 is 5.32 Å². The molecule has 0 radical (unpaired) electrons. The van der Waals surface area contributed by atoms with Crippen LogP contribution < -0.4 is 16.2 Å². The molecule has 0 fully saturated rings. The molecule has 0 bridgehead atoms. The Hall–Kier alpha value is -3.19. The van der Waals surface area contributed by atoms with Gasteiger partial charge in [0.25, 0.3) is 5.56 Å². The summed E-state index contributed by atoms with van der Waals surface area (Å²) in [4.78, 5) is 40.8. The lowest BCUT2D eigenvalue weighted by Crippen LogP contribution is -2.38. The van der Waals surface area contributed by atoms with E-state index in [1.165, 1.54) is 12.4 Å². The SMILES string of the molecule is Cc1cccc(NC(=O)NC(=O)Cn2cnc3ccc(Cl)cc3c2=O)c1C.